The molecule has 0 radical (unpaired) electrons. The zero-order chi connectivity index (χ0) is 12.6. The third-order valence-corrected chi connectivity index (χ3v) is 3.53. The molecule has 0 spiro atoms. The normalized spacial score (nSPS) is 11.8. The van der Waals surface area contributed by atoms with Crippen LogP contribution in [0, 0.1) is 0 Å². The van der Waals surface area contributed by atoms with Gasteiger partial charge >= 0.3 is 0 Å². The summed E-state index contributed by atoms with van der Waals surface area (Å²) in [7, 11) is -3.24. The van der Waals surface area contributed by atoms with E-state index in [2.05, 4.69) is 24.7 Å². The Bertz CT molecular complexity index is 390. The van der Waals surface area contributed by atoms with Gasteiger partial charge in [0.2, 0.25) is 16.4 Å². The van der Waals surface area contributed by atoms with Crippen molar-refractivity contribution in [1.29, 1.82) is 0 Å². The van der Waals surface area contributed by atoms with Gasteiger partial charge in [0.15, 0.2) is 5.82 Å². The Morgan fingerprint density at radius 2 is 2.24 bits per heavy atom. The van der Waals surface area contributed by atoms with Crippen molar-refractivity contribution in [3.63, 3.8) is 0 Å². The highest BCUT2D eigenvalue weighted by Gasteiger charge is 2.10. The molecular weight excluding hydrogens is 244 g/mol. The first-order chi connectivity index (χ1) is 8.14. The molecule has 0 aliphatic carbocycles. The minimum atomic E-state index is -3.24. The summed E-state index contributed by atoms with van der Waals surface area (Å²) in [5, 5.41) is 6.66. The summed E-state index contributed by atoms with van der Waals surface area (Å²) in [5.41, 5.74) is 0. The molecule has 0 aliphatic rings. The average Bonchev–Trinajstić information content (AvgIpc) is 2.79. The van der Waals surface area contributed by atoms with Gasteiger partial charge in [-0.1, -0.05) is 12.1 Å². The van der Waals surface area contributed by atoms with Crippen molar-refractivity contribution >= 4 is 10.0 Å². The molecule has 0 saturated carbocycles. The molecule has 0 atom stereocenters. The molecule has 0 saturated heterocycles. The zero-order valence-corrected chi connectivity index (χ0v) is 10.7. The van der Waals surface area contributed by atoms with Crippen LogP contribution in [0.5, 0.6) is 0 Å². The van der Waals surface area contributed by atoms with Crippen molar-refractivity contribution in [3.05, 3.63) is 12.2 Å². The molecule has 1 rings (SSSR count). The van der Waals surface area contributed by atoms with E-state index in [1.807, 2.05) is 6.92 Å². The van der Waals surface area contributed by atoms with E-state index in [4.69, 9.17) is 0 Å². The maximum atomic E-state index is 11.5. The summed E-state index contributed by atoms with van der Waals surface area (Å²) in [6, 6.07) is 0. The number of nitrogens with zero attached hydrogens (tertiary/aromatic N) is 2. The van der Waals surface area contributed by atoms with Crippen LogP contribution >= 0.6 is 0 Å². The Labute approximate surface area is 101 Å². The SMILES string of the molecule is CCNCCCCS(=O)(=O)NCc1ncon1. The molecule has 1 aromatic rings. The molecule has 2 N–H and O–H groups in total. The Kier molecular flexibility index (Phi) is 6.09. The van der Waals surface area contributed by atoms with Gasteiger partial charge in [0.05, 0.1) is 12.3 Å². The second-order valence-electron chi connectivity index (χ2n) is 3.55. The molecule has 0 bridgehead atoms. The van der Waals surface area contributed by atoms with Crippen molar-refractivity contribution in [3.8, 4) is 0 Å². The molecule has 1 aromatic heterocycles. The molecule has 0 fully saturated rings. The number of sulfonamides is 1. The Morgan fingerprint density at radius 3 is 2.88 bits per heavy atom. The van der Waals surface area contributed by atoms with E-state index in [0.29, 0.717) is 12.2 Å². The highest BCUT2D eigenvalue weighted by atomic mass is 32.2. The van der Waals surface area contributed by atoms with Gasteiger partial charge in [-0.15, -0.1) is 0 Å². The van der Waals surface area contributed by atoms with Crippen molar-refractivity contribution < 1.29 is 12.9 Å². The largest absolute Gasteiger partial charge is 0.343 e. The summed E-state index contributed by atoms with van der Waals surface area (Å²) in [5.74, 6) is 0.456. The number of unbranched alkanes of at least 4 members (excludes halogenated alkanes) is 1. The van der Waals surface area contributed by atoms with Gasteiger partial charge < -0.3 is 9.84 Å². The predicted molar refractivity (Wildman–Crippen MR) is 62.7 cm³/mol. The smallest absolute Gasteiger partial charge is 0.213 e. The predicted octanol–water partition coefficient (Wildman–Crippen LogP) is -0.121. The summed E-state index contributed by atoms with van der Waals surface area (Å²) in [4.78, 5) is 3.73. The fourth-order valence-electron chi connectivity index (χ4n) is 1.24. The number of hydrogen-bond donors (Lipinski definition) is 2. The molecule has 7 nitrogen and oxygen atoms in total. The van der Waals surface area contributed by atoms with Gasteiger partial charge in [-0.2, -0.15) is 4.98 Å². The summed E-state index contributed by atoms with van der Waals surface area (Å²) < 4.78 is 30.0. The lowest BCUT2D eigenvalue weighted by Gasteiger charge is -2.04. The third kappa shape index (κ3) is 6.35. The maximum absolute atomic E-state index is 11.5. The van der Waals surface area contributed by atoms with E-state index in [-0.39, 0.29) is 12.3 Å². The lowest BCUT2D eigenvalue weighted by atomic mass is 10.3. The highest BCUT2D eigenvalue weighted by Crippen LogP contribution is 1.96. The first-order valence-corrected chi connectivity index (χ1v) is 7.22. The molecule has 0 aromatic carbocycles. The minimum absolute atomic E-state index is 0.0754. The first-order valence-electron chi connectivity index (χ1n) is 5.57. The Hall–Kier alpha value is -0.990. The second-order valence-corrected chi connectivity index (χ2v) is 5.47. The van der Waals surface area contributed by atoms with E-state index in [1.54, 1.807) is 0 Å². The van der Waals surface area contributed by atoms with Gasteiger partial charge in [-0.3, -0.25) is 0 Å². The quantitative estimate of drug-likeness (QED) is 0.602. The third-order valence-electron chi connectivity index (χ3n) is 2.12. The standard InChI is InChI=1S/C9H18N4O3S/c1-2-10-5-3-4-6-17(14,15)12-7-9-11-8-16-13-9/h8,10,12H,2-7H2,1H3. The van der Waals surface area contributed by atoms with Crippen molar-refractivity contribution in [2.75, 3.05) is 18.8 Å². The lowest BCUT2D eigenvalue weighted by molar-refractivity contribution is 0.409. The van der Waals surface area contributed by atoms with Crippen LogP contribution in [-0.2, 0) is 16.6 Å². The number of nitrogens with one attached hydrogen (secondary N) is 2. The molecule has 0 amide bonds. The van der Waals surface area contributed by atoms with Crippen LogP contribution in [0.4, 0.5) is 0 Å². The van der Waals surface area contributed by atoms with E-state index < -0.39 is 10.0 Å². The second kappa shape index (κ2) is 7.36. The van der Waals surface area contributed by atoms with Gasteiger partial charge in [0.25, 0.3) is 0 Å². The van der Waals surface area contributed by atoms with E-state index in [0.717, 1.165) is 19.5 Å². The fraction of sp³-hybridized carbons (Fsp3) is 0.778. The van der Waals surface area contributed by atoms with Crippen LogP contribution in [0.15, 0.2) is 10.9 Å². The van der Waals surface area contributed by atoms with Gasteiger partial charge in [-0.25, -0.2) is 13.1 Å². The molecule has 1 heterocycles. The molecule has 0 unspecified atom stereocenters. The topological polar surface area (TPSA) is 97.1 Å². The van der Waals surface area contributed by atoms with Gasteiger partial charge in [0.1, 0.15) is 0 Å². The summed E-state index contributed by atoms with van der Waals surface area (Å²) in [6.45, 7) is 3.84. The van der Waals surface area contributed by atoms with Crippen molar-refractivity contribution in [2.45, 2.75) is 26.3 Å². The Balaban J connectivity index is 2.17. The summed E-state index contributed by atoms with van der Waals surface area (Å²) >= 11 is 0. The lowest BCUT2D eigenvalue weighted by Crippen LogP contribution is -2.27. The molecule has 8 heteroatoms. The number of hydrogen-bond acceptors (Lipinski definition) is 6. The van der Waals surface area contributed by atoms with Gasteiger partial charge in [-0.05, 0) is 25.9 Å². The minimum Gasteiger partial charge on any atom is -0.343 e. The van der Waals surface area contributed by atoms with Crippen LogP contribution < -0.4 is 10.0 Å². The van der Waals surface area contributed by atoms with E-state index in [1.165, 1.54) is 6.39 Å². The average molecular weight is 262 g/mol. The molecule has 98 valence electrons. The van der Waals surface area contributed by atoms with Crippen LogP contribution in [0.2, 0.25) is 0 Å². The number of aromatic nitrogens is 2. The zero-order valence-electron chi connectivity index (χ0n) is 9.85. The van der Waals surface area contributed by atoms with Crippen LogP contribution in [0.3, 0.4) is 0 Å². The first kappa shape index (κ1) is 14.1. The Morgan fingerprint density at radius 1 is 1.41 bits per heavy atom. The van der Waals surface area contributed by atoms with E-state index in [9.17, 15) is 8.42 Å². The summed E-state index contributed by atoms with van der Waals surface area (Å²) in [6.07, 6.45) is 2.64. The molecule has 17 heavy (non-hydrogen) atoms. The molecular formula is C9H18N4O3S. The van der Waals surface area contributed by atoms with Crippen LogP contribution in [-0.4, -0.2) is 37.4 Å². The van der Waals surface area contributed by atoms with Gasteiger partial charge in [0, 0.05) is 0 Å². The monoisotopic (exact) mass is 262 g/mol. The van der Waals surface area contributed by atoms with Crippen molar-refractivity contribution in [1.82, 2.24) is 20.2 Å². The highest BCUT2D eigenvalue weighted by molar-refractivity contribution is 7.89. The van der Waals surface area contributed by atoms with Crippen LogP contribution in [0.25, 0.3) is 0 Å². The molecule has 0 aliphatic heterocycles. The number of rotatable bonds is 9. The van der Waals surface area contributed by atoms with E-state index >= 15 is 0 Å². The maximum Gasteiger partial charge on any atom is 0.213 e. The van der Waals surface area contributed by atoms with Crippen LogP contribution in [0.1, 0.15) is 25.6 Å². The fourth-order valence-corrected chi connectivity index (χ4v) is 2.31. The van der Waals surface area contributed by atoms with Crippen molar-refractivity contribution in [2.24, 2.45) is 0 Å².